The highest BCUT2D eigenvalue weighted by atomic mass is 15.1. The summed E-state index contributed by atoms with van der Waals surface area (Å²) in [5, 5.41) is 4.83. The predicted octanol–water partition coefficient (Wildman–Crippen LogP) is 16.1. The molecule has 0 N–H and O–H groups in total. The molecule has 2 heteroatoms. The Labute approximate surface area is 350 Å². The standard InChI is InChI=1S/C58H40N2/c1-5-18-41(19-6-1)43-32-35-49(36-33-43)59(56-37-34-45(42-20-7-2-8-21-42)39-54(56)44-22-9-3-10-23-44)57-40-47(38-46-24-13-14-27-50(46)57)51-29-17-30-53-52-28-15-16-31-55(52)60(58(51)53)48-25-11-4-12-26-48/h1-40H. The fourth-order valence-corrected chi connectivity index (χ4v) is 8.96. The van der Waals surface area contributed by atoms with E-state index in [1.165, 1.54) is 60.4 Å². The van der Waals surface area contributed by atoms with Crippen LogP contribution >= 0.6 is 0 Å². The van der Waals surface area contributed by atoms with Crippen LogP contribution < -0.4 is 4.90 Å². The molecular formula is C58H40N2. The third-order valence-corrected chi connectivity index (χ3v) is 11.8. The van der Waals surface area contributed by atoms with E-state index in [9.17, 15) is 0 Å². The second kappa shape index (κ2) is 15.1. The van der Waals surface area contributed by atoms with Gasteiger partial charge in [-0.25, -0.2) is 0 Å². The van der Waals surface area contributed by atoms with Crippen molar-refractivity contribution < 1.29 is 0 Å². The largest absolute Gasteiger partial charge is 0.309 e. The first-order chi connectivity index (χ1) is 29.8. The molecule has 0 aliphatic heterocycles. The van der Waals surface area contributed by atoms with Gasteiger partial charge in [-0.05, 0) is 93.4 Å². The molecule has 0 saturated heterocycles. The maximum atomic E-state index is 2.48. The quantitative estimate of drug-likeness (QED) is 0.150. The van der Waals surface area contributed by atoms with E-state index in [0.717, 1.165) is 39.4 Å². The number of fused-ring (bicyclic) bond motifs is 4. The van der Waals surface area contributed by atoms with Crippen LogP contribution in [0.5, 0.6) is 0 Å². The SMILES string of the molecule is c1ccc(-c2ccc(N(c3ccc(-c4ccccc4)cc3-c3ccccc3)c3cc(-c4cccc5c6ccccc6n(-c6ccccc6)c45)cc4ccccc34)cc2)cc1. The van der Waals surface area contributed by atoms with Crippen molar-refractivity contribution in [2.24, 2.45) is 0 Å². The molecule has 0 atom stereocenters. The van der Waals surface area contributed by atoms with Gasteiger partial charge in [0.05, 0.1) is 22.4 Å². The van der Waals surface area contributed by atoms with Crippen molar-refractivity contribution in [3.63, 3.8) is 0 Å². The van der Waals surface area contributed by atoms with Crippen molar-refractivity contribution >= 4 is 49.6 Å². The van der Waals surface area contributed by atoms with Crippen LogP contribution in [-0.4, -0.2) is 4.57 Å². The number of hydrogen-bond donors (Lipinski definition) is 0. The summed E-state index contributed by atoms with van der Waals surface area (Å²) in [6, 6.07) is 88.0. The number of hydrogen-bond acceptors (Lipinski definition) is 1. The second-order valence-corrected chi connectivity index (χ2v) is 15.3. The van der Waals surface area contributed by atoms with Gasteiger partial charge < -0.3 is 9.47 Å². The predicted molar refractivity (Wildman–Crippen MR) is 255 cm³/mol. The molecule has 1 aromatic heterocycles. The zero-order valence-electron chi connectivity index (χ0n) is 33.0. The van der Waals surface area contributed by atoms with Crippen molar-refractivity contribution in [2.75, 3.05) is 4.90 Å². The van der Waals surface area contributed by atoms with Gasteiger partial charge in [-0.3, -0.25) is 0 Å². The van der Waals surface area contributed by atoms with E-state index in [0.29, 0.717) is 0 Å². The molecular weight excluding hydrogens is 725 g/mol. The lowest BCUT2D eigenvalue weighted by Gasteiger charge is -2.30. The molecule has 60 heavy (non-hydrogen) atoms. The molecule has 0 aliphatic rings. The first kappa shape index (κ1) is 35.2. The first-order valence-corrected chi connectivity index (χ1v) is 20.6. The molecule has 1 heterocycles. The number of para-hydroxylation sites is 3. The zero-order valence-corrected chi connectivity index (χ0v) is 33.0. The molecule has 0 radical (unpaired) electrons. The van der Waals surface area contributed by atoms with Gasteiger partial charge in [-0.2, -0.15) is 0 Å². The van der Waals surface area contributed by atoms with Crippen LogP contribution in [-0.2, 0) is 0 Å². The van der Waals surface area contributed by atoms with Crippen LogP contribution in [0.25, 0.3) is 82.8 Å². The Morgan fingerprint density at radius 1 is 0.300 bits per heavy atom. The number of nitrogens with zero attached hydrogens (tertiary/aromatic N) is 2. The summed E-state index contributed by atoms with van der Waals surface area (Å²) in [6.45, 7) is 0. The minimum atomic E-state index is 1.08. The van der Waals surface area contributed by atoms with Crippen LogP contribution in [0.2, 0.25) is 0 Å². The summed E-state index contributed by atoms with van der Waals surface area (Å²) in [5.74, 6) is 0. The van der Waals surface area contributed by atoms with Crippen LogP contribution in [0, 0.1) is 0 Å². The summed E-state index contributed by atoms with van der Waals surface area (Å²) < 4.78 is 2.44. The third-order valence-electron chi connectivity index (χ3n) is 11.8. The summed E-state index contributed by atoms with van der Waals surface area (Å²) >= 11 is 0. The average Bonchev–Trinajstić information content (AvgIpc) is 3.68. The average molecular weight is 765 g/mol. The van der Waals surface area contributed by atoms with Crippen molar-refractivity contribution in [2.45, 2.75) is 0 Å². The maximum Gasteiger partial charge on any atom is 0.0619 e. The van der Waals surface area contributed by atoms with E-state index in [1.54, 1.807) is 0 Å². The highest BCUT2D eigenvalue weighted by molar-refractivity contribution is 6.15. The van der Waals surface area contributed by atoms with Crippen LogP contribution in [0.15, 0.2) is 243 Å². The Balaban J connectivity index is 1.20. The number of benzene rings is 10. The van der Waals surface area contributed by atoms with Gasteiger partial charge in [-0.15, -0.1) is 0 Å². The van der Waals surface area contributed by atoms with Crippen molar-refractivity contribution in [3.05, 3.63) is 243 Å². The normalized spacial score (nSPS) is 11.3. The fraction of sp³-hybridized carbons (Fsp3) is 0. The molecule has 11 rings (SSSR count). The summed E-state index contributed by atoms with van der Waals surface area (Å²) in [5.41, 5.74) is 16.2. The van der Waals surface area contributed by atoms with Gasteiger partial charge in [0.25, 0.3) is 0 Å². The van der Waals surface area contributed by atoms with E-state index in [2.05, 4.69) is 252 Å². The Morgan fingerprint density at radius 2 is 0.850 bits per heavy atom. The van der Waals surface area contributed by atoms with Crippen molar-refractivity contribution in [1.82, 2.24) is 4.57 Å². The number of anilines is 3. The maximum absolute atomic E-state index is 2.48. The van der Waals surface area contributed by atoms with Crippen LogP contribution in [0.4, 0.5) is 17.1 Å². The van der Waals surface area contributed by atoms with Gasteiger partial charge in [0.2, 0.25) is 0 Å². The summed E-state index contributed by atoms with van der Waals surface area (Å²) in [6.07, 6.45) is 0. The summed E-state index contributed by atoms with van der Waals surface area (Å²) in [4.78, 5) is 2.48. The number of rotatable bonds is 8. The van der Waals surface area contributed by atoms with Gasteiger partial charge in [0.15, 0.2) is 0 Å². The van der Waals surface area contributed by atoms with Crippen molar-refractivity contribution in [3.8, 4) is 50.2 Å². The molecule has 0 bridgehead atoms. The fourth-order valence-electron chi connectivity index (χ4n) is 8.96. The molecule has 0 fully saturated rings. The molecule has 10 aromatic carbocycles. The van der Waals surface area contributed by atoms with Gasteiger partial charge in [0.1, 0.15) is 0 Å². The zero-order chi connectivity index (χ0) is 39.8. The minimum Gasteiger partial charge on any atom is -0.309 e. The first-order valence-electron chi connectivity index (χ1n) is 20.6. The smallest absolute Gasteiger partial charge is 0.0619 e. The molecule has 0 amide bonds. The highest BCUT2D eigenvalue weighted by Crippen LogP contribution is 2.47. The van der Waals surface area contributed by atoms with E-state index in [-0.39, 0.29) is 0 Å². The third kappa shape index (κ3) is 6.23. The minimum absolute atomic E-state index is 1.08. The lowest BCUT2D eigenvalue weighted by atomic mass is 9.94. The van der Waals surface area contributed by atoms with Gasteiger partial charge in [0, 0.05) is 38.7 Å². The summed E-state index contributed by atoms with van der Waals surface area (Å²) in [7, 11) is 0. The van der Waals surface area contributed by atoms with Gasteiger partial charge in [-0.1, -0.05) is 188 Å². The monoisotopic (exact) mass is 764 g/mol. The van der Waals surface area contributed by atoms with E-state index < -0.39 is 0 Å². The Kier molecular flexibility index (Phi) is 8.87. The highest BCUT2D eigenvalue weighted by Gasteiger charge is 2.23. The Hall–Kier alpha value is -7.94. The second-order valence-electron chi connectivity index (χ2n) is 15.3. The Morgan fingerprint density at radius 3 is 1.57 bits per heavy atom. The van der Waals surface area contributed by atoms with Crippen LogP contribution in [0.3, 0.4) is 0 Å². The van der Waals surface area contributed by atoms with E-state index in [4.69, 9.17) is 0 Å². The molecule has 0 spiro atoms. The molecule has 0 unspecified atom stereocenters. The molecule has 0 aliphatic carbocycles. The topological polar surface area (TPSA) is 8.17 Å². The van der Waals surface area contributed by atoms with Crippen LogP contribution in [0.1, 0.15) is 0 Å². The number of aromatic nitrogens is 1. The lowest BCUT2D eigenvalue weighted by Crippen LogP contribution is -2.12. The Bertz CT molecular complexity index is 3280. The van der Waals surface area contributed by atoms with E-state index >= 15 is 0 Å². The molecule has 11 aromatic rings. The van der Waals surface area contributed by atoms with Crippen molar-refractivity contribution in [1.29, 1.82) is 0 Å². The van der Waals surface area contributed by atoms with Gasteiger partial charge >= 0.3 is 0 Å². The molecule has 0 saturated carbocycles. The van der Waals surface area contributed by atoms with E-state index in [1.807, 2.05) is 0 Å². The molecule has 2 nitrogen and oxygen atoms in total. The molecule has 282 valence electrons. The lowest BCUT2D eigenvalue weighted by molar-refractivity contribution is 1.18.